The van der Waals surface area contributed by atoms with Gasteiger partial charge in [-0.25, -0.2) is 0 Å². The quantitative estimate of drug-likeness (QED) is 0.894. The lowest BCUT2D eigenvalue weighted by molar-refractivity contribution is 0.373. The Labute approximate surface area is 125 Å². The van der Waals surface area contributed by atoms with Crippen LogP contribution in [0, 0.1) is 0 Å². The van der Waals surface area contributed by atoms with E-state index in [0.717, 1.165) is 18.5 Å². The summed E-state index contributed by atoms with van der Waals surface area (Å²) in [6.45, 7) is 0.729. The molecule has 0 radical (unpaired) electrons. The van der Waals surface area contributed by atoms with E-state index in [1.165, 1.54) is 36.1 Å². The average molecular weight is 283 g/mol. The van der Waals surface area contributed by atoms with Gasteiger partial charge in [-0.3, -0.25) is 0 Å². The van der Waals surface area contributed by atoms with Crippen LogP contribution in [0.3, 0.4) is 0 Å². The molecule has 1 aliphatic carbocycles. The fourth-order valence-electron chi connectivity index (χ4n) is 2.98. The SMILES string of the molecule is COc1cc(CNc2cccc3c2CCCC3)ccc1O. The van der Waals surface area contributed by atoms with Gasteiger partial charge in [0.05, 0.1) is 7.11 Å². The van der Waals surface area contributed by atoms with Crippen molar-refractivity contribution in [2.75, 3.05) is 12.4 Å². The van der Waals surface area contributed by atoms with E-state index in [0.29, 0.717) is 5.75 Å². The Kier molecular flexibility index (Phi) is 4.00. The molecule has 3 rings (SSSR count). The summed E-state index contributed by atoms with van der Waals surface area (Å²) in [7, 11) is 1.57. The van der Waals surface area contributed by atoms with Crippen LogP contribution in [-0.4, -0.2) is 12.2 Å². The monoisotopic (exact) mass is 283 g/mol. The molecule has 0 unspecified atom stereocenters. The maximum absolute atomic E-state index is 9.63. The van der Waals surface area contributed by atoms with Crippen LogP contribution < -0.4 is 10.1 Å². The van der Waals surface area contributed by atoms with Gasteiger partial charge in [0, 0.05) is 12.2 Å². The highest BCUT2D eigenvalue weighted by Gasteiger charge is 2.12. The number of hydrogen-bond acceptors (Lipinski definition) is 3. The molecule has 0 amide bonds. The molecule has 0 aliphatic heterocycles. The molecule has 0 atom stereocenters. The van der Waals surface area contributed by atoms with Crippen molar-refractivity contribution in [3.8, 4) is 11.5 Å². The summed E-state index contributed by atoms with van der Waals surface area (Å²) in [5.74, 6) is 0.697. The summed E-state index contributed by atoms with van der Waals surface area (Å²) >= 11 is 0. The second-order valence-electron chi connectivity index (χ2n) is 5.51. The zero-order valence-corrected chi connectivity index (χ0v) is 12.4. The number of methoxy groups -OCH3 is 1. The number of benzene rings is 2. The molecule has 21 heavy (non-hydrogen) atoms. The minimum atomic E-state index is 0.179. The van der Waals surface area contributed by atoms with E-state index >= 15 is 0 Å². The van der Waals surface area contributed by atoms with Gasteiger partial charge in [-0.15, -0.1) is 0 Å². The summed E-state index contributed by atoms with van der Waals surface area (Å²) in [4.78, 5) is 0. The van der Waals surface area contributed by atoms with Crippen molar-refractivity contribution in [1.82, 2.24) is 0 Å². The molecular weight excluding hydrogens is 262 g/mol. The zero-order chi connectivity index (χ0) is 14.7. The molecule has 0 heterocycles. The molecule has 2 aromatic carbocycles. The number of phenolic OH excluding ortho intramolecular Hbond substituents is 1. The first kappa shape index (κ1) is 13.8. The van der Waals surface area contributed by atoms with Crippen molar-refractivity contribution in [2.45, 2.75) is 32.2 Å². The molecule has 1 aliphatic rings. The number of fused-ring (bicyclic) bond motifs is 1. The molecule has 0 saturated carbocycles. The summed E-state index contributed by atoms with van der Waals surface area (Å²) in [5.41, 5.74) is 5.28. The third kappa shape index (κ3) is 2.97. The number of aromatic hydroxyl groups is 1. The maximum Gasteiger partial charge on any atom is 0.160 e. The van der Waals surface area contributed by atoms with E-state index in [9.17, 15) is 5.11 Å². The number of nitrogens with one attached hydrogen (secondary N) is 1. The Morgan fingerprint density at radius 2 is 2.00 bits per heavy atom. The average Bonchev–Trinajstić information content (AvgIpc) is 2.54. The Bertz CT molecular complexity index is 637. The predicted molar refractivity (Wildman–Crippen MR) is 85.1 cm³/mol. The maximum atomic E-state index is 9.63. The molecule has 0 saturated heterocycles. The largest absolute Gasteiger partial charge is 0.504 e. The molecule has 3 nitrogen and oxygen atoms in total. The van der Waals surface area contributed by atoms with Crippen LogP contribution in [-0.2, 0) is 19.4 Å². The van der Waals surface area contributed by atoms with Crippen molar-refractivity contribution < 1.29 is 9.84 Å². The molecular formula is C18H21NO2. The highest BCUT2D eigenvalue weighted by atomic mass is 16.5. The van der Waals surface area contributed by atoms with Gasteiger partial charge in [-0.05, 0) is 60.6 Å². The van der Waals surface area contributed by atoms with E-state index in [2.05, 4.69) is 23.5 Å². The van der Waals surface area contributed by atoms with Gasteiger partial charge in [0.25, 0.3) is 0 Å². The van der Waals surface area contributed by atoms with Crippen LogP contribution in [0.15, 0.2) is 36.4 Å². The highest BCUT2D eigenvalue weighted by Crippen LogP contribution is 2.29. The van der Waals surface area contributed by atoms with Gasteiger partial charge in [0.2, 0.25) is 0 Å². The van der Waals surface area contributed by atoms with E-state index in [1.54, 1.807) is 13.2 Å². The Morgan fingerprint density at radius 1 is 1.14 bits per heavy atom. The lowest BCUT2D eigenvalue weighted by Gasteiger charge is -2.20. The lowest BCUT2D eigenvalue weighted by Crippen LogP contribution is -2.08. The van der Waals surface area contributed by atoms with E-state index in [4.69, 9.17) is 4.74 Å². The highest BCUT2D eigenvalue weighted by molar-refractivity contribution is 5.56. The summed E-state index contributed by atoms with van der Waals surface area (Å²) in [6, 6.07) is 12.0. The van der Waals surface area contributed by atoms with Gasteiger partial charge in [0.1, 0.15) is 0 Å². The number of anilines is 1. The Balaban J connectivity index is 1.76. The molecule has 2 aromatic rings. The second kappa shape index (κ2) is 6.08. The molecule has 0 fully saturated rings. The van der Waals surface area contributed by atoms with Crippen LogP contribution in [0.4, 0.5) is 5.69 Å². The van der Waals surface area contributed by atoms with Crippen LogP contribution in [0.1, 0.15) is 29.5 Å². The molecule has 0 aromatic heterocycles. The van der Waals surface area contributed by atoms with Gasteiger partial charge in [-0.1, -0.05) is 18.2 Å². The van der Waals surface area contributed by atoms with Crippen molar-refractivity contribution in [3.05, 3.63) is 53.1 Å². The summed E-state index contributed by atoms with van der Waals surface area (Å²) in [6.07, 6.45) is 4.93. The first-order chi connectivity index (χ1) is 10.3. The first-order valence-electron chi connectivity index (χ1n) is 7.48. The molecule has 3 heteroatoms. The van der Waals surface area contributed by atoms with Crippen molar-refractivity contribution in [2.24, 2.45) is 0 Å². The standard InChI is InChI=1S/C18H21NO2/c1-21-18-11-13(9-10-17(18)20)12-19-16-8-4-6-14-5-2-3-7-15(14)16/h4,6,8-11,19-20H,2-3,5,7,12H2,1H3. The molecule has 0 spiro atoms. The normalized spacial score (nSPS) is 13.6. The van der Waals surface area contributed by atoms with Crippen molar-refractivity contribution >= 4 is 5.69 Å². The van der Waals surface area contributed by atoms with Gasteiger partial charge < -0.3 is 15.2 Å². The van der Waals surface area contributed by atoms with Crippen molar-refractivity contribution in [1.29, 1.82) is 0 Å². The fraction of sp³-hybridized carbons (Fsp3) is 0.333. The third-order valence-corrected chi connectivity index (χ3v) is 4.12. The van der Waals surface area contributed by atoms with E-state index in [-0.39, 0.29) is 5.75 Å². The third-order valence-electron chi connectivity index (χ3n) is 4.12. The number of rotatable bonds is 4. The van der Waals surface area contributed by atoms with Crippen LogP contribution >= 0.6 is 0 Å². The van der Waals surface area contributed by atoms with Crippen LogP contribution in [0.5, 0.6) is 11.5 Å². The van der Waals surface area contributed by atoms with Gasteiger partial charge in [0.15, 0.2) is 11.5 Å². The number of hydrogen-bond donors (Lipinski definition) is 2. The minimum Gasteiger partial charge on any atom is -0.504 e. The van der Waals surface area contributed by atoms with Crippen LogP contribution in [0.2, 0.25) is 0 Å². The summed E-state index contributed by atoms with van der Waals surface area (Å²) in [5, 5.41) is 13.2. The number of phenols is 1. The topological polar surface area (TPSA) is 41.5 Å². The number of aryl methyl sites for hydroxylation is 1. The lowest BCUT2D eigenvalue weighted by atomic mass is 9.90. The Morgan fingerprint density at radius 3 is 2.86 bits per heavy atom. The fourth-order valence-corrected chi connectivity index (χ4v) is 2.98. The van der Waals surface area contributed by atoms with E-state index in [1.807, 2.05) is 12.1 Å². The Hall–Kier alpha value is -2.16. The number of ether oxygens (including phenoxy) is 1. The molecule has 0 bridgehead atoms. The predicted octanol–water partition coefficient (Wildman–Crippen LogP) is 3.89. The minimum absolute atomic E-state index is 0.179. The van der Waals surface area contributed by atoms with Gasteiger partial charge in [-0.2, -0.15) is 0 Å². The second-order valence-corrected chi connectivity index (χ2v) is 5.51. The molecule has 110 valence electrons. The van der Waals surface area contributed by atoms with E-state index < -0.39 is 0 Å². The smallest absolute Gasteiger partial charge is 0.160 e. The van der Waals surface area contributed by atoms with Gasteiger partial charge >= 0.3 is 0 Å². The summed E-state index contributed by atoms with van der Waals surface area (Å²) < 4.78 is 5.15. The van der Waals surface area contributed by atoms with Crippen molar-refractivity contribution in [3.63, 3.8) is 0 Å². The molecule has 2 N–H and O–H groups in total. The van der Waals surface area contributed by atoms with Crippen LogP contribution in [0.25, 0.3) is 0 Å². The first-order valence-corrected chi connectivity index (χ1v) is 7.48. The zero-order valence-electron chi connectivity index (χ0n) is 12.4.